The quantitative estimate of drug-likeness (QED) is 0.489. The summed E-state index contributed by atoms with van der Waals surface area (Å²) in [4.78, 5) is 9.56. The number of aliphatic hydroxyl groups is 1. The van der Waals surface area contributed by atoms with E-state index < -0.39 is 6.10 Å². The van der Waals surface area contributed by atoms with Crippen molar-refractivity contribution in [3.05, 3.63) is 71.1 Å². The molecule has 0 amide bonds. The van der Waals surface area contributed by atoms with Crippen LogP contribution in [0.25, 0.3) is 21.3 Å². The molecule has 1 unspecified atom stereocenters. The van der Waals surface area contributed by atoms with Gasteiger partial charge in [-0.05, 0) is 48.6 Å². The highest BCUT2D eigenvalue weighted by Gasteiger charge is 2.22. The number of hydrogen-bond donors (Lipinski definition) is 1. The fourth-order valence-electron chi connectivity index (χ4n) is 3.76. The molecule has 5 rings (SSSR count). The number of ether oxygens (including phenoxy) is 1. The molecule has 4 aromatic rings. The monoisotopic (exact) mass is 392 g/mol. The first-order valence-electron chi connectivity index (χ1n) is 9.16. The lowest BCUT2D eigenvalue weighted by Crippen LogP contribution is -2.10. The minimum absolute atomic E-state index is 0.273. The van der Waals surface area contributed by atoms with Crippen molar-refractivity contribution in [2.24, 2.45) is 0 Å². The van der Waals surface area contributed by atoms with Gasteiger partial charge in [-0.15, -0.1) is 11.3 Å². The topological polar surface area (TPSA) is 55.2 Å². The summed E-state index contributed by atoms with van der Waals surface area (Å²) in [6.45, 7) is 0. The summed E-state index contributed by atoms with van der Waals surface area (Å²) in [5.74, 6) is 0.914. The Morgan fingerprint density at radius 1 is 1.11 bits per heavy atom. The van der Waals surface area contributed by atoms with Crippen LogP contribution in [0.3, 0.4) is 0 Å². The molecule has 0 radical (unpaired) electrons. The van der Waals surface area contributed by atoms with E-state index in [9.17, 15) is 9.50 Å². The van der Waals surface area contributed by atoms with Gasteiger partial charge in [0.1, 0.15) is 22.7 Å². The summed E-state index contributed by atoms with van der Waals surface area (Å²) in [7, 11) is 0. The van der Waals surface area contributed by atoms with Crippen molar-refractivity contribution in [1.29, 1.82) is 0 Å². The van der Waals surface area contributed by atoms with Crippen molar-refractivity contribution in [2.45, 2.75) is 25.4 Å². The molecular formula is C22H17FN2O2S. The van der Waals surface area contributed by atoms with E-state index >= 15 is 0 Å². The highest BCUT2D eigenvalue weighted by atomic mass is 32.1. The second-order valence-corrected chi connectivity index (χ2v) is 7.71. The molecule has 2 heterocycles. The summed E-state index contributed by atoms with van der Waals surface area (Å²) < 4.78 is 19.6. The number of hydrogen-bond acceptors (Lipinski definition) is 5. The standard InChI is InChI=1S/C22H17FN2O2S/c23-14-9-7-13(8-10-14)17-11-28-22-20(17)21(24-12-25-22)27-19-6-2-3-15-16(19)4-1-5-18(15)26/h2-3,6-12,18,26H,1,4-5H2. The zero-order valence-corrected chi connectivity index (χ0v) is 15.7. The van der Waals surface area contributed by atoms with E-state index in [1.807, 2.05) is 23.6 Å². The molecule has 2 aromatic carbocycles. The predicted octanol–water partition coefficient (Wildman–Crippen LogP) is 5.66. The van der Waals surface area contributed by atoms with E-state index in [1.165, 1.54) is 29.8 Å². The van der Waals surface area contributed by atoms with E-state index in [4.69, 9.17) is 4.74 Å². The van der Waals surface area contributed by atoms with Crippen LogP contribution in [0.4, 0.5) is 4.39 Å². The molecule has 1 aliphatic rings. The first kappa shape index (κ1) is 17.3. The van der Waals surface area contributed by atoms with Gasteiger partial charge in [0.2, 0.25) is 5.88 Å². The van der Waals surface area contributed by atoms with Gasteiger partial charge in [0.25, 0.3) is 0 Å². The summed E-state index contributed by atoms with van der Waals surface area (Å²) in [5.41, 5.74) is 3.77. The van der Waals surface area contributed by atoms with E-state index in [0.29, 0.717) is 11.6 Å². The average molecular weight is 392 g/mol. The van der Waals surface area contributed by atoms with Crippen molar-refractivity contribution >= 4 is 21.6 Å². The smallest absolute Gasteiger partial charge is 0.231 e. The molecule has 0 bridgehead atoms. The van der Waals surface area contributed by atoms with Gasteiger partial charge < -0.3 is 9.84 Å². The summed E-state index contributed by atoms with van der Waals surface area (Å²) >= 11 is 1.50. The molecule has 0 fully saturated rings. The van der Waals surface area contributed by atoms with Crippen LogP contribution in [0.15, 0.2) is 54.2 Å². The third kappa shape index (κ3) is 2.95. The van der Waals surface area contributed by atoms with Crippen LogP contribution in [0.5, 0.6) is 11.6 Å². The normalized spacial score (nSPS) is 16.1. The molecule has 1 atom stereocenters. The van der Waals surface area contributed by atoms with Gasteiger partial charge >= 0.3 is 0 Å². The molecule has 28 heavy (non-hydrogen) atoms. The van der Waals surface area contributed by atoms with E-state index in [2.05, 4.69) is 9.97 Å². The predicted molar refractivity (Wildman–Crippen MR) is 107 cm³/mol. The molecule has 1 N–H and O–H groups in total. The average Bonchev–Trinajstić information content (AvgIpc) is 3.15. The SMILES string of the molecule is OC1CCCc2c(Oc3ncnc4scc(-c5ccc(F)cc5)c34)cccc21. The minimum Gasteiger partial charge on any atom is -0.438 e. The van der Waals surface area contributed by atoms with Crippen molar-refractivity contribution in [3.63, 3.8) is 0 Å². The van der Waals surface area contributed by atoms with Gasteiger partial charge in [-0.25, -0.2) is 14.4 Å². The zero-order valence-electron chi connectivity index (χ0n) is 14.9. The Morgan fingerprint density at radius 3 is 2.82 bits per heavy atom. The zero-order chi connectivity index (χ0) is 19.1. The van der Waals surface area contributed by atoms with Crippen molar-refractivity contribution < 1.29 is 14.2 Å². The third-order valence-electron chi connectivity index (χ3n) is 5.13. The fourth-order valence-corrected chi connectivity index (χ4v) is 4.66. The molecule has 0 aliphatic heterocycles. The molecule has 0 saturated carbocycles. The number of fused-ring (bicyclic) bond motifs is 2. The third-order valence-corrected chi connectivity index (χ3v) is 6.02. The van der Waals surface area contributed by atoms with Crippen LogP contribution in [0.1, 0.15) is 30.1 Å². The Labute approximate surface area is 165 Å². The fraction of sp³-hybridized carbons (Fsp3) is 0.182. The molecular weight excluding hydrogens is 375 g/mol. The molecule has 0 spiro atoms. The maximum absolute atomic E-state index is 13.3. The molecule has 0 saturated heterocycles. The Hall–Kier alpha value is -2.83. The second kappa shape index (κ2) is 6.96. The molecule has 140 valence electrons. The Kier molecular flexibility index (Phi) is 4.30. The number of rotatable bonds is 3. The minimum atomic E-state index is -0.450. The molecule has 1 aliphatic carbocycles. The van der Waals surface area contributed by atoms with Crippen molar-refractivity contribution in [3.8, 4) is 22.8 Å². The number of aliphatic hydroxyl groups excluding tert-OH is 1. The van der Waals surface area contributed by atoms with Crippen LogP contribution in [-0.4, -0.2) is 15.1 Å². The Bertz CT molecular complexity index is 1160. The summed E-state index contributed by atoms with van der Waals surface area (Å²) in [6.07, 6.45) is 3.60. The van der Waals surface area contributed by atoms with Gasteiger partial charge in [-0.2, -0.15) is 0 Å². The Morgan fingerprint density at radius 2 is 1.96 bits per heavy atom. The van der Waals surface area contributed by atoms with Crippen LogP contribution in [0, 0.1) is 5.82 Å². The first-order chi connectivity index (χ1) is 13.7. The van der Waals surface area contributed by atoms with Crippen molar-refractivity contribution in [2.75, 3.05) is 0 Å². The lowest BCUT2D eigenvalue weighted by Gasteiger charge is -2.23. The summed E-state index contributed by atoms with van der Waals surface area (Å²) in [6, 6.07) is 12.1. The van der Waals surface area contributed by atoms with Gasteiger partial charge in [0.15, 0.2) is 0 Å². The molecule has 4 nitrogen and oxygen atoms in total. The number of thiophene rings is 1. The van der Waals surface area contributed by atoms with Gasteiger partial charge in [0.05, 0.1) is 11.5 Å². The second-order valence-electron chi connectivity index (χ2n) is 6.85. The lowest BCUT2D eigenvalue weighted by molar-refractivity contribution is 0.156. The number of aromatic nitrogens is 2. The number of nitrogens with zero attached hydrogens (tertiary/aromatic N) is 2. The maximum atomic E-state index is 13.3. The largest absolute Gasteiger partial charge is 0.438 e. The highest BCUT2D eigenvalue weighted by Crippen LogP contribution is 2.41. The van der Waals surface area contributed by atoms with Crippen LogP contribution < -0.4 is 4.74 Å². The van der Waals surface area contributed by atoms with Gasteiger partial charge in [-0.1, -0.05) is 24.3 Å². The number of benzene rings is 2. The highest BCUT2D eigenvalue weighted by molar-refractivity contribution is 7.17. The molecule has 6 heteroatoms. The van der Waals surface area contributed by atoms with E-state index in [1.54, 1.807) is 12.1 Å². The first-order valence-corrected chi connectivity index (χ1v) is 10.0. The Balaban J connectivity index is 1.62. The van der Waals surface area contributed by atoms with E-state index in [0.717, 1.165) is 51.7 Å². The van der Waals surface area contributed by atoms with Crippen LogP contribution in [0.2, 0.25) is 0 Å². The summed E-state index contributed by atoms with van der Waals surface area (Å²) in [5, 5.41) is 13.1. The molecule has 2 aromatic heterocycles. The van der Waals surface area contributed by atoms with Gasteiger partial charge in [-0.3, -0.25) is 0 Å². The number of halogens is 1. The van der Waals surface area contributed by atoms with E-state index in [-0.39, 0.29) is 5.82 Å². The van der Waals surface area contributed by atoms with Crippen LogP contribution in [-0.2, 0) is 6.42 Å². The lowest BCUT2D eigenvalue weighted by atomic mass is 9.89. The maximum Gasteiger partial charge on any atom is 0.231 e. The van der Waals surface area contributed by atoms with Crippen molar-refractivity contribution in [1.82, 2.24) is 9.97 Å². The van der Waals surface area contributed by atoms with Crippen LogP contribution >= 0.6 is 11.3 Å². The van der Waals surface area contributed by atoms with Gasteiger partial charge in [0, 0.05) is 16.5 Å².